The van der Waals surface area contributed by atoms with Crippen LogP contribution in [-0.2, 0) is 0 Å². The van der Waals surface area contributed by atoms with Gasteiger partial charge in [-0.2, -0.15) is 0 Å². The maximum Gasteiger partial charge on any atom is 0.133 e. The van der Waals surface area contributed by atoms with Gasteiger partial charge in [-0.3, -0.25) is 0 Å². The predicted octanol–water partition coefficient (Wildman–Crippen LogP) is 4.91. The van der Waals surface area contributed by atoms with Crippen molar-refractivity contribution in [1.82, 2.24) is 0 Å². The Bertz CT molecular complexity index is 568. The lowest BCUT2D eigenvalue weighted by Crippen LogP contribution is -1.96. The van der Waals surface area contributed by atoms with Crippen molar-refractivity contribution in [2.75, 3.05) is 0 Å². The zero-order valence-corrected chi connectivity index (χ0v) is 12.9. The molecule has 0 amide bonds. The van der Waals surface area contributed by atoms with Gasteiger partial charge in [-0.25, -0.2) is 0 Å². The highest BCUT2D eigenvalue weighted by Gasteiger charge is 2.10. The third kappa shape index (κ3) is 3.17. The van der Waals surface area contributed by atoms with E-state index in [4.69, 9.17) is 4.74 Å². The lowest BCUT2D eigenvalue weighted by molar-refractivity contribution is 0.195. The highest BCUT2D eigenvalue weighted by atomic mass is 79.9. The number of aliphatic hydroxyl groups excluding tert-OH is 1. The van der Waals surface area contributed by atoms with Crippen LogP contribution in [0.3, 0.4) is 0 Å². The number of halogens is 1. The van der Waals surface area contributed by atoms with Gasteiger partial charge in [0.15, 0.2) is 0 Å². The second-order valence-corrected chi connectivity index (χ2v) is 5.48. The van der Waals surface area contributed by atoms with Gasteiger partial charge in [0, 0.05) is 10.0 Å². The van der Waals surface area contributed by atoms with Crippen molar-refractivity contribution in [1.29, 1.82) is 0 Å². The first-order valence-corrected chi connectivity index (χ1v) is 7.00. The van der Waals surface area contributed by atoms with Crippen LogP contribution in [0.5, 0.6) is 11.5 Å². The maximum absolute atomic E-state index is 9.75. The molecular formula is C16H17BrO2. The van der Waals surface area contributed by atoms with Gasteiger partial charge in [0.25, 0.3) is 0 Å². The number of aliphatic hydroxyl groups is 1. The molecule has 2 aromatic carbocycles. The first kappa shape index (κ1) is 14.1. The molecule has 0 fully saturated rings. The van der Waals surface area contributed by atoms with Crippen LogP contribution < -0.4 is 4.74 Å². The smallest absolute Gasteiger partial charge is 0.133 e. The summed E-state index contributed by atoms with van der Waals surface area (Å²) in [6, 6.07) is 11.5. The number of hydrogen-bond acceptors (Lipinski definition) is 2. The van der Waals surface area contributed by atoms with E-state index in [1.807, 2.05) is 50.2 Å². The molecule has 100 valence electrons. The average Bonchev–Trinajstić information content (AvgIpc) is 2.36. The summed E-state index contributed by atoms with van der Waals surface area (Å²) in [5.74, 6) is 1.48. The minimum Gasteiger partial charge on any atom is -0.457 e. The highest BCUT2D eigenvalue weighted by molar-refractivity contribution is 9.10. The lowest BCUT2D eigenvalue weighted by atomic mass is 10.1. The van der Waals surface area contributed by atoms with Crippen LogP contribution in [0.15, 0.2) is 40.9 Å². The largest absolute Gasteiger partial charge is 0.457 e. The van der Waals surface area contributed by atoms with Gasteiger partial charge in [-0.05, 0) is 50.1 Å². The number of hydrogen-bond donors (Lipinski definition) is 1. The van der Waals surface area contributed by atoms with Crippen LogP contribution in [0.2, 0.25) is 0 Å². The Hall–Kier alpha value is -1.32. The monoisotopic (exact) mass is 320 g/mol. The zero-order chi connectivity index (χ0) is 14.0. The summed E-state index contributed by atoms with van der Waals surface area (Å²) in [5.41, 5.74) is 3.05. The Kier molecular flexibility index (Phi) is 4.27. The van der Waals surface area contributed by atoms with E-state index in [2.05, 4.69) is 15.9 Å². The van der Waals surface area contributed by atoms with Crippen molar-refractivity contribution in [2.24, 2.45) is 0 Å². The maximum atomic E-state index is 9.75. The SMILES string of the molecule is Cc1cc(Oc2ccccc2[C@H](C)O)cc(C)c1Br. The van der Waals surface area contributed by atoms with Gasteiger partial charge in [0.2, 0.25) is 0 Å². The first-order valence-electron chi connectivity index (χ1n) is 6.20. The Balaban J connectivity index is 2.37. The second kappa shape index (κ2) is 5.76. The lowest BCUT2D eigenvalue weighted by Gasteiger charge is -2.14. The molecule has 2 rings (SSSR count). The third-order valence-electron chi connectivity index (χ3n) is 3.01. The van der Waals surface area contributed by atoms with Crippen LogP contribution in [0, 0.1) is 13.8 Å². The molecular weight excluding hydrogens is 304 g/mol. The number of rotatable bonds is 3. The Morgan fingerprint density at radius 3 is 2.26 bits per heavy atom. The molecule has 2 aromatic rings. The van der Waals surface area contributed by atoms with Gasteiger partial charge >= 0.3 is 0 Å². The van der Waals surface area contributed by atoms with Crippen LogP contribution in [-0.4, -0.2) is 5.11 Å². The summed E-state index contributed by atoms with van der Waals surface area (Å²) >= 11 is 3.54. The highest BCUT2D eigenvalue weighted by Crippen LogP contribution is 2.32. The molecule has 19 heavy (non-hydrogen) atoms. The summed E-state index contributed by atoms with van der Waals surface area (Å²) in [5, 5.41) is 9.75. The van der Waals surface area contributed by atoms with Crippen molar-refractivity contribution in [2.45, 2.75) is 26.9 Å². The Labute approximate surface area is 122 Å². The average molecular weight is 321 g/mol. The van der Waals surface area contributed by atoms with Crippen molar-refractivity contribution in [3.05, 3.63) is 57.6 Å². The Morgan fingerprint density at radius 2 is 1.68 bits per heavy atom. The minimum absolute atomic E-state index is 0.547. The van der Waals surface area contributed by atoms with Gasteiger partial charge in [-0.1, -0.05) is 34.1 Å². The van der Waals surface area contributed by atoms with Gasteiger partial charge < -0.3 is 9.84 Å². The Morgan fingerprint density at radius 1 is 1.11 bits per heavy atom. The minimum atomic E-state index is -0.547. The van der Waals surface area contributed by atoms with E-state index in [1.54, 1.807) is 6.92 Å². The van der Waals surface area contributed by atoms with Crippen molar-refractivity contribution in [3.63, 3.8) is 0 Å². The van der Waals surface area contributed by atoms with Crippen LogP contribution in [0.1, 0.15) is 29.7 Å². The first-order chi connectivity index (χ1) is 8.99. The molecule has 0 saturated carbocycles. The molecule has 0 bridgehead atoms. The molecule has 0 unspecified atom stereocenters. The van der Waals surface area contributed by atoms with E-state index >= 15 is 0 Å². The predicted molar refractivity (Wildman–Crippen MR) is 80.8 cm³/mol. The molecule has 1 atom stereocenters. The van der Waals surface area contributed by atoms with E-state index in [0.717, 1.165) is 26.9 Å². The molecule has 0 spiro atoms. The number of ether oxygens (including phenoxy) is 1. The fourth-order valence-electron chi connectivity index (χ4n) is 2.01. The van der Waals surface area contributed by atoms with Gasteiger partial charge in [0.1, 0.15) is 11.5 Å². The van der Waals surface area contributed by atoms with Crippen molar-refractivity contribution >= 4 is 15.9 Å². The summed E-state index contributed by atoms with van der Waals surface area (Å²) in [6.45, 7) is 5.80. The zero-order valence-electron chi connectivity index (χ0n) is 11.3. The standard InChI is InChI=1S/C16H17BrO2/c1-10-8-13(9-11(2)16(10)17)19-15-7-5-4-6-14(15)12(3)18/h4-9,12,18H,1-3H3/t12-/m0/s1. The van der Waals surface area contributed by atoms with Crippen molar-refractivity contribution in [3.8, 4) is 11.5 Å². The van der Waals surface area contributed by atoms with Gasteiger partial charge in [0.05, 0.1) is 6.10 Å². The molecule has 3 heteroatoms. The van der Waals surface area contributed by atoms with Crippen LogP contribution >= 0.6 is 15.9 Å². The van der Waals surface area contributed by atoms with Crippen LogP contribution in [0.4, 0.5) is 0 Å². The van der Waals surface area contributed by atoms with E-state index in [0.29, 0.717) is 5.75 Å². The molecule has 0 aromatic heterocycles. The molecule has 0 aliphatic heterocycles. The molecule has 2 nitrogen and oxygen atoms in total. The number of benzene rings is 2. The second-order valence-electron chi connectivity index (χ2n) is 4.69. The van der Waals surface area contributed by atoms with Crippen molar-refractivity contribution < 1.29 is 9.84 Å². The molecule has 0 heterocycles. The molecule has 0 aliphatic rings. The van der Waals surface area contributed by atoms with Gasteiger partial charge in [-0.15, -0.1) is 0 Å². The van der Waals surface area contributed by atoms with E-state index < -0.39 is 6.10 Å². The normalized spacial score (nSPS) is 12.3. The van der Waals surface area contributed by atoms with E-state index in [1.165, 1.54) is 0 Å². The fraction of sp³-hybridized carbons (Fsp3) is 0.250. The molecule has 1 N–H and O–H groups in total. The summed E-state index contributed by atoms with van der Waals surface area (Å²) in [4.78, 5) is 0. The van der Waals surface area contributed by atoms with E-state index in [-0.39, 0.29) is 0 Å². The fourth-order valence-corrected chi connectivity index (χ4v) is 2.24. The topological polar surface area (TPSA) is 29.5 Å². The molecule has 0 saturated heterocycles. The summed E-state index contributed by atoms with van der Waals surface area (Å²) in [7, 11) is 0. The van der Waals surface area contributed by atoms with Crippen LogP contribution in [0.25, 0.3) is 0 Å². The number of para-hydroxylation sites is 1. The molecule has 0 aliphatic carbocycles. The third-order valence-corrected chi connectivity index (χ3v) is 4.26. The summed E-state index contributed by atoms with van der Waals surface area (Å²) in [6.07, 6.45) is -0.547. The quantitative estimate of drug-likeness (QED) is 0.870. The van der Waals surface area contributed by atoms with E-state index in [9.17, 15) is 5.11 Å². The number of aryl methyl sites for hydroxylation is 2. The molecule has 0 radical (unpaired) electrons. The summed E-state index contributed by atoms with van der Waals surface area (Å²) < 4.78 is 7.01.